The molecule has 0 rings (SSSR count). The van der Waals surface area contributed by atoms with E-state index >= 15 is 0 Å². The molecule has 0 bridgehead atoms. The number of ether oxygens (including phenoxy) is 1. The van der Waals surface area contributed by atoms with Gasteiger partial charge in [0.1, 0.15) is 0 Å². The van der Waals surface area contributed by atoms with Crippen molar-refractivity contribution in [3.63, 3.8) is 0 Å². The molecule has 1 atom stereocenters. The van der Waals surface area contributed by atoms with Crippen molar-refractivity contribution < 1.29 is 14.6 Å². The van der Waals surface area contributed by atoms with Crippen LogP contribution in [-0.2, 0) is 9.53 Å². The highest BCUT2D eigenvalue weighted by atomic mass is 16.5. The van der Waals surface area contributed by atoms with Crippen molar-refractivity contribution >= 4 is 5.97 Å². The molecule has 0 radical (unpaired) electrons. The van der Waals surface area contributed by atoms with Crippen LogP contribution in [0.3, 0.4) is 0 Å². The van der Waals surface area contributed by atoms with Gasteiger partial charge < -0.3 is 9.84 Å². The van der Waals surface area contributed by atoms with E-state index in [-0.39, 0.29) is 12.6 Å². The van der Waals surface area contributed by atoms with Gasteiger partial charge in [-0.2, -0.15) is 0 Å². The molecular weight excluding hydrogens is 158 g/mol. The third-order valence-electron chi connectivity index (χ3n) is 1.70. The molecule has 0 aromatic heterocycles. The molecule has 0 aliphatic rings. The number of hydrogen-bond acceptors (Lipinski definition) is 3. The fourth-order valence-corrected chi connectivity index (χ4v) is 0.785. The summed E-state index contributed by atoms with van der Waals surface area (Å²) in [6.45, 7) is 5.18. The van der Waals surface area contributed by atoms with E-state index in [9.17, 15) is 4.79 Å². The van der Waals surface area contributed by atoms with Crippen LogP contribution in [-0.4, -0.2) is 48.8 Å². The first-order valence-electron chi connectivity index (χ1n) is 4.07. The summed E-state index contributed by atoms with van der Waals surface area (Å²) >= 11 is 0. The van der Waals surface area contributed by atoms with Crippen LogP contribution in [0.25, 0.3) is 0 Å². The van der Waals surface area contributed by atoms with Crippen molar-refractivity contribution in [3.8, 4) is 0 Å². The molecule has 0 saturated heterocycles. The van der Waals surface area contributed by atoms with Crippen molar-refractivity contribution in [2.75, 3.05) is 26.8 Å². The molecule has 0 aromatic carbocycles. The molecular formula is C8H17NO3. The first-order chi connectivity index (χ1) is 5.57. The monoisotopic (exact) mass is 175 g/mol. The maximum atomic E-state index is 10.3. The van der Waals surface area contributed by atoms with Gasteiger partial charge in [0.05, 0.1) is 13.2 Å². The zero-order chi connectivity index (χ0) is 9.56. The summed E-state index contributed by atoms with van der Waals surface area (Å²) in [5.74, 6) is -0.805. The van der Waals surface area contributed by atoms with Crippen LogP contribution in [0.15, 0.2) is 0 Å². The Kier molecular flexibility index (Phi) is 5.66. The number of rotatable bonds is 6. The summed E-state index contributed by atoms with van der Waals surface area (Å²) in [6, 6.07) is 0.154. The molecule has 4 nitrogen and oxygen atoms in total. The predicted octanol–water partition coefficient (Wildman–Crippen LogP) is 0.428. The van der Waals surface area contributed by atoms with Crippen molar-refractivity contribution in [3.05, 3.63) is 0 Å². The number of nitrogens with zero attached hydrogens (tertiary/aromatic N) is 1. The first kappa shape index (κ1) is 11.4. The van der Waals surface area contributed by atoms with Crippen LogP contribution in [0, 0.1) is 0 Å². The molecule has 0 aromatic rings. The molecule has 0 saturated carbocycles. The number of carbonyl (C=O) groups is 1. The van der Waals surface area contributed by atoms with Gasteiger partial charge in [-0.15, -0.1) is 0 Å². The summed E-state index contributed by atoms with van der Waals surface area (Å²) in [6.07, 6.45) is 0. The van der Waals surface area contributed by atoms with E-state index in [1.807, 2.05) is 13.8 Å². The Balaban J connectivity index is 3.60. The number of hydrogen-bond donors (Lipinski definition) is 1. The van der Waals surface area contributed by atoms with Crippen molar-refractivity contribution in [2.24, 2.45) is 0 Å². The van der Waals surface area contributed by atoms with Crippen LogP contribution in [0.1, 0.15) is 13.8 Å². The Labute approximate surface area is 73.1 Å². The van der Waals surface area contributed by atoms with Crippen LogP contribution in [0.5, 0.6) is 0 Å². The van der Waals surface area contributed by atoms with Crippen LogP contribution >= 0.6 is 0 Å². The maximum absolute atomic E-state index is 10.3. The van der Waals surface area contributed by atoms with Gasteiger partial charge in [0, 0.05) is 12.6 Å². The van der Waals surface area contributed by atoms with E-state index in [1.165, 1.54) is 0 Å². The van der Waals surface area contributed by atoms with Crippen molar-refractivity contribution in [1.82, 2.24) is 4.90 Å². The average Bonchev–Trinajstić information content (AvgIpc) is 1.98. The summed E-state index contributed by atoms with van der Waals surface area (Å²) in [4.78, 5) is 12.1. The van der Waals surface area contributed by atoms with E-state index in [2.05, 4.69) is 0 Å². The lowest BCUT2D eigenvalue weighted by Gasteiger charge is -2.22. The predicted molar refractivity (Wildman–Crippen MR) is 46.2 cm³/mol. The number of carboxylic acid groups (broad SMARTS) is 1. The maximum Gasteiger partial charge on any atom is 0.317 e. The quantitative estimate of drug-likeness (QED) is 0.636. The van der Waals surface area contributed by atoms with Gasteiger partial charge in [-0.1, -0.05) is 0 Å². The minimum atomic E-state index is -0.805. The second-order valence-electron chi connectivity index (χ2n) is 2.82. The Bertz CT molecular complexity index is 138. The van der Waals surface area contributed by atoms with E-state index < -0.39 is 5.97 Å². The van der Waals surface area contributed by atoms with E-state index in [0.29, 0.717) is 13.2 Å². The second-order valence-corrected chi connectivity index (χ2v) is 2.82. The Hall–Kier alpha value is -0.610. The van der Waals surface area contributed by atoms with Crippen molar-refractivity contribution in [1.29, 1.82) is 0 Å². The lowest BCUT2D eigenvalue weighted by molar-refractivity contribution is -0.138. The standard InChI is InChI=1S/C8H17NO3/c1-4-12-6-7(2)9(3)5-8(10)11/h7H,4-6H2,1-3H3,(H,10,11). The molecule has 72 valence electrons. The number of aliphatic carboxylic acids is 1. The molecule has 12 heavy (non-hydrogen) atoms. The van der Waals surface area contributed by atoms with Gasteiger partial charge in [-0.3, -0.25) is 9.69 Å². The van der Waals surface area contributed by atoms with Crippen LogP contribution in [0.4, 0.5) is 0 Å². The highest BCUT2D eigenvalue weighted by Gasteiger charge is 2.11. The fourth-order valence-electron chi connectivity index (χ4n) is 0.785. The highest BCUT2D eigenvalue weighted by molar-refractivity contribution is 5.69. The summed E-state index contributed by atoms with van der Waals surface area (Å²) in [5, 5.41) is 8.48. The topological polar surface area (TPSA) is 49.8 Å². The molecule has 0 aliphatic carbocycles. The number of likely N-dealkylation sites (N-methyl/N-ethyl adjacent to an activating group) is 1. The van der Waals surface area contributed by atoms with Crippen LogP contribution in [0.2, 0.25) is 0 Å². The molecule has 0 aliphatic heterocycles. The molecule has 0 heterocycles. The molecule has 1 unspecified atom stereocenters. The Morgan fingerprint density at radius 3 is 2.67 bits per heavy atom. The van der Waals surface area contributed by atoms with E-state index in [1.54, 1.807) is 11.9 Å². The zero-order valence-corrected chi connectivity index (χ0v) is 7.91. The number of carboxylic acids is 1. The van der Waals surface area contributed by atoms with E-state index in [4.69, 9.17) is 9.84 Å². The normalized spacial score (nSPS) is 13.3. The van der Waals surface area contributed by atoms with Crippen LogP contribution < -0.4 is 0 Å². The molecule has 0 fully saturated rings. The van der Waals surface area contributed by atoms with Gasteiger partial charge in [0.25, 0.3) is 0 Å². The Morgan fingerprint density at radius 2 is 2.25 bits per heavy atom. The molecule has 0 amide bonds. The molecule has 0 spiro atoms. The second kappa shape index (κ2) is 5.97. The van der Waals surface area contributed by atoms with E-state index in [0.717, 1.165) is 0 Å². The lowest BCUT2D eigenvalue weighted by Crippen LogP contribution is -2.36. The SMILES string of the molecule is CCOCC(C)N(C)CC(=O)O. The lowest BCUT2D eigenvalue weighted by atomic mass is 10.3. The zero-order valence-electron chi connectivity index (χ0n) is 7.91. The van der Waals surface area contributed by atoms with Crippen molar-refractivity contribution in [2.45, 2.75) is 19.9 Å². The molecule has 1 N–H and O–H groups in total. The summed E-state index contributed by atoms with van der Waals surface area (Å²) in [5.41, 5.74) is 0. The minimum Gasteiger partial charge on any atom is -0.480 e. The highest BCUT2D eigenvalue weighted by Crippen LogP contribution is 1.95. The Morgan fingerprint density at radius 1 is 1.67 bits per heavy atom. The first-order valence-corrected chi connectivity index (χ1v) is 4.07. The summed E-state index contributed by atoms with van der Waals surface area (Å²) in [7, 11) is 1.78. The van der Waals surface area contributed by atoms with Gasteiger partial charge in [-0.05, 0) is 20.9 Å². The minimum absolute atomic E-state index is 0.0637. The van der Waals surface area contributed by atoms with Gasteiger partial charge in [-0.25, -0.2) is 0 Å². The fraction of sp³-hybridized carbons (Fsp3) is 0.875. The third kappa shape index (κ3) is 5.09. The van der Waals surface area contributed by atoms with Gasteiger partial charge in [0.2, 0.25) is 0 Å². The largest absolute Gasteiger partial charge is 0.480 e. The molecule has 4 heteroatoms. The third-order valence-corrected chi connectivity index (χ3v) is 1.70. The smallest absolute Gasteiger partial charge is 0.317 e. The van der Waals surface area contributed by atoms with Gasteiger partial charge in [0.15, 0.2) is 0 Å². The summed E-state index contributed by atoms with van der Waals surface area (Å²) < 4.78 is 5.16. The van der Waals surface area contributed by atoms with Gasteiger partial charge >= 0.3 is 5.97 Å². The average molecular weight is 175 g/mol.